The number of halogens is 1. The lowest BCUT2D eigenvalue weighted by Gasteiger charge is -2.39. The highest BCUT2D eigenvalue weighted by Gasteiger charge is 2.23. The Bertz CT molecular complexity index is 301. The predicted octanol–water partition coefficient (Wildman–Crippen LogP) is -1.42. The highest BCUT2D eigenvalue weighted by Crippen LogP contribution is 2.10. The molecular weight excluding hydrogens is 264 g/mol. The molecule has 16 heavy (non-hydrogen) atoms. The maximum Gasteiger partial charge on any atom is 0.0912 e. The second-order valence-corrected chi connectivity index (χ2v) is 5.14. The lowest BCUT2D eigenvalue weighted by molar-refractivity contribution is -0.894. The van der Waals surface area contributed by atoms with E-state index in [4.69, 9.17) is 0 Å². The third-order valence-corrected chi connectivity index (χ3v) is 3.29. The Morgan fingerprint density at radius 1 is 1.06 bits per heavy atom. The minimum atomic E-state index is 0. The molecule has 0 spiro atoms. The minimum absolute atomic E-state index is 0. The van der Waals surface area contributed by atoms with Crippen LogP contribution >= 0.6 is 0 Å². The van der Waals surface area contributed by atoms with E-state index in [9.17, 15) is 0 Å². The molecule has 0 N–H and O–H groups in total. The highest BCUT2D eigenvalue weighted by molar-refractivity contribution is 5.14. The Hall–Kier alpha value is -0.380. The van der Waals surface area contributed by atoms with E-state index in [1.807, 2.05) is 0 Å². The Labute approximate surface area is 109 Å². The SMILES string of the molecule is C[N+]1(C)CCN(Cc2ccccc2)CC1.[Br-]. The number of benzene rings is 1. The maximum absolute atomic E-state index is 2.55. The lowest BCUT2D eigenvalue weighted by Crippen LogP contribution is -3.00. The number of quaternary nitrogens is 1. The summed E-state index contributed by atoms with van der Waals surface area (Å²) in [6.45, 7) is 6.10. The zero-order chi connectivity index (χ0) is 10.7. The van der Waals surface area contributed by atoms with Crippen molar-refractivity contribution in [3.8, 4) is 0 Å². The predicted molar refractivity (Wildman–Crippen MR) is 63.6 cm³/mol. The largest absolute Gasteiger partial charge is 1.00 e. The molecule has 2 nitrogen and oxygen atoms in total. The van der Waals surface area contributed by atoms with Crippen LogP contribution in [0.2, 0.25) is 0 Å². The van der Waals surface area contributed by atoms with Crippen LogP contribution in [0.5, 0.6) is 0 Å². The molecule has 1 aromatic rings. The molecule has 1 aliphatic heterocycles. The van der Waals surface area contributed by atoms with Crippen LogP contribution in [0.4, 0.5) is 0 Å². The standard InChI is InChI=1S/C13H21N2.BrH/c1-15(2)10-8-14(9-11-15)12-13-6-4-3-5-7-13;/h3-7H,8-12H2,1-2H3;1H/q+1;/p-1. The van der Waals surface area contributed by atoms with E-state index in [-0.39, 0.29) is 17.0 Å². The van der Waals surface area contributed by atoms with Crippen molar-refractivity contribution in [3.05, 3.63) is 35.9 Å². The molecule has 0 aliphatic carbocycles. The van der Waals surface area contributed by atoms with E-state index in [2.05, 4.69) is 49.3 Å². The van der Waals surface area contributed by atoms with Gasteiger partial charge in [-0.1, -0.05) is 30.3 Å². The minimum Gasteiger partial charge on any atom is -1.00 e. The first kappa shape index (κ1) is 13.7. The number of hydrogen-bond acceptors (Lipinski definition) is 1. The van der Waals surface area contributed by atoms with Crippen molar-refractivity contribution in [1.82, 2.24) is 4.90 Å². The summed E-state index contributed by atoms with van der Waals surface area (Å²) in [6.07, 6.45) is 0. The van der Waals surface area contributed by atoms with Crippen molar-refractivity contribution in [2.45, 2.75) is 6.54 Å². The van der Waals surface area contributed by atoms with Crippen LogP contribution in [0.25, 0.3) is 0 Å². The molecular formula is C13H21BrN2. The van der Waals surface area contributed by atoms with E-state index in [1.165, 1.54) is 36.2 Å². The van der Waals surface area contributed by atoms with Gasteiger partial charge in [0.1, 0.15) is 0 Å². The van der Waals surface area contributed by atoms with Gasteiger partial charge in [0.2, 0.25) is 0 Å². The molecule has 0 bridgehead atoms. The van der Waals surface area contributed by atoms with Crippen molar-refractivity contribution in [2.24, 2.45) is 0 Å². The molecule has 0 saturated carbocycles. The van der Waals surface area contributed by atoms with Gasteiger partial charge in [0.25, 0.3) is 0 Å². The van der Waals surface area contributed by atoms with Crippen LogP contribution in [-0.2, 0) is 6.54 Å². The van der Waals surface area contributed by atoms with Crippen LogP contribution in [0.1, 0.15) is 5.56 Å². The van der Waals surface area contributed by atoms with Crippen molar-refractivity contribution in [2.75, 3.05) is 40.3 Å². The molecule has 1 fully saturated rings. The molecule has 0 radical (unpaired) electrons. The van der Waals surface area contributed by atoms with Gasteiger partial charge in [-0.3, -0.25) is 4.90 Å². The first-order valence-electron chi connectivity index (χ1n) is 5.74. The van der Waals surface area contributed by atoms with Crippen molar-refractivity contribution in [1.29, 1.82) is 0 Å². The molecule has 90 valence electrons. The van der Waals surface area contributed by atoms with Crippen LogP contribution in [0.15, 0.2) is 30.3 Å². The smallest absolute Gasteiger partial charge is 0.0912 e. The van der Waals surface area contributed by atoms with E-state index in [0.717, 1.165) is 6.54 Å². The fourth-order valence-corrected chi connectivity index (χ4v) is 2.05. The molecule has 1 aromatic carbocycles. The normalized spacial score (nSPS) is 20.1. The van der Waals surface area contributed by atoms with Gasteiger partial charge in [-0.25, -0.2) is 0 Å². The van der Waals surface area contributed by atoms with Crippen LogP contribution in [0, 0.1) is 0 Å². The van der Waals surface area contributed by atoms with Gasteiger partial charge in [0.05, 0.1) is 27.2 Å². The van der Waals surface area contributed by atoms with E-state index < -0.39 is 0 Å². The molecule has 0 atom stereocenters. The van der Waals surface area contributed by atoms with Crippen LogP contribution < -0.4 is 17.0 Å². The van der Waals surface area contributed by atoms with Crippen molar-refractivity contribution in [3.63, 3.8) is 0 Å². The summed E-state index contributed by atoms with van der Waals surface area (Å²) in [5.41, 5.74) is 1.43. The number of rotatable bonds is 2. The summed E-state index contributed by atoms with van der Waals surface area (Å²) in [5.74, 6) is 0. The third kappa shape index (κ3) is 3.89. The van der Waals surface area contributed by atoms with E-state index in [0.29, 0.717) is 0 Å². The van der Waals surface area contributed by atoms with Crippen molar-refractivity contribution >= 4 is 0 Å². The Kier molecular flexibility index (Phi) is 4.96. The molecule has 1 saturated heterocycles. The Balaban J connectivity index is 0.00000128. The van der Waals surface area contributed by atoms with Gasteiger partial charge in [0.15, 0.2) is 0 Å². The third-order valence-electron chi connectivity index (χ3n) is 3.29. The average Bonchev–Trinajstić information content (AvgIpc) is 2.23. The summed E-state index contributed by atoms with van der Waals surface area (Å²) in [7, 11) is 4.64. The lowest BCUT2D eigenvalue weighted by atomic mass is 10.2. The molecule has 0 aromatic heterocycles. The Morgan fingerprint density at radius 2 is 1.62 bits per heavy atom. The first-order chi connectivity index (χ1) is 7.16. The fourth-order valence-electron chi connectivity index (χ4n) is 2.05. The molecule has 1 heterocycles. The van der Waals surface area contributed by atoms with Gasteiger partial charge in [-0.15, -0.1) is 0 Å². The molecule has 0 unspecified atom stereocenters. The molecule has 3 heteroatoms. The summed E-state index contributed by atoms with van der Waals surface area (Å²) < 4.78 is 1.17. The number of hydrogen-bond donors (Lipinski definition) is 0. The van der Waals surface area contributed by atoms with Crippen molar-refractivity contribution < 1.29 is 21.5 Å². The maximum atomic E-state index is 2.55. The van der Waals surface area contributed by atoms with Gasteiger partial charge in [0, 0.05) is 19.6 Å². The fraction of sp³-hybridized carbons (Fsp3) is 0.538. The average molecular weight is 285 g/mol. The molecule has 0 amide bonds. The second-order valence-electron chi connectivity index (χ2n) is 5.14. The van der Waals surface area contributed by atoms with Gasteiger partial charge < -0.3 is 21.5 Å². The monoisotopic (exact) mass is 284 g/mol. The quantitative estimate of drug-likeness (QED) is 0.603. The number of nitrogens with zero attached hydrogens (tertiary/aromatic N) is 2. The van der Waals surface area contributed by atoms with E-state index >= 15 is 0 Å². The van der Waals surface area contributed by atoms with E-state index in [1.54, 1.807) is 0 Å². The number of likely N-dealkylation sites (N-methyl/N-ethyl adjacent to an activating group) is 1. The topological polar surface area (TPSA) is 3.24 Å². The highest BCUT2D eigenvalue weighted by atomic mass is 79.9. The van der Waals surface area contributed by atoms with Crippen LogP contribution in [0.3, 0.4) is 0 Å². The van der Waals surface area contributed by atoms with Gasteiger partial charge in [-0.2, -0.15) is 0 Å². The zero-order valence-corrected chi connectivity index (χ0v) is 11.8. The first-order valence-corrected chi connectivity index (χ1v) is 5.74. The second kappa shape index (κ2) is 5.80. The number of piperazine rings is 1. The molecule has 2 rings (SSSR count). The van der Waals surface area contributed by atoms with Gasteiger partial charge >= 0.3 is 0 Å². The molecule has 1 aliphatic rings. The Morgan fingerprint density at radius 3 is 2.19 bits per heavy atom. The van der Waals surface area contributed by atoms with Gasteiger partial charge in [-0.05, 0) is 5.56 Å². The van der Waals surface area contributed by atoms with Crippen LogP contribution in [-0.4, -0.2) is 49.7 Å². The summed E-state index contributed by atoms with van der Waals surface area (Å²) in [4.78, 5) is 2.55. The summed E-state index contributed by atoms with van der Waals surface area (Å²) in [6, 6.07) is 10.8. The summed E-state index contributed by atoms with van der Waals surface area (Å²) >= 11 is 0. The summed E-state index contributed by atoms with van der Waals surface area (Å²) in [5, 5.41) is 0. The zero-order valence-electron chi connectivity index (χ0n) is 10.2.